The van der Waals surface area contributed by atoms with Crippen molar-refractivity contribution in [2.45, 2.75) is 51.4 Å². The summed E-state index contributed by atoms with van der Waals surface area (Å²) in [5, 5.41) is 3.46. The van der Waals surface area contributed by atoms with Crippen molar-refractivity contribution >= 4 is 12.4 Å². The summed E-state index contributed by atoms with van der Waals surface area (Å²) in [7, 11) is 0. The molecule has 0 bridgehead atoms. The van der Waals surface area contributed by atoms with Gasteiger partial charge in [0.25, 0.3) is 0 Å². The highest BCUT2D eigenvalue weighted by Crippen LogP contribution is 2.17. The largest absolute Gasteiger partial charge is 0.317 e. The Labute approximate surface area is 113 Å². The quantitative estimate of drug-likeness (QED) is 0.839. The highest BCUT2D eigenvalue weighted by molar-refractivity contribution is 5.85. The van der Waals surface area contributed by atoms with Gasteiger partial charge in [-0.25, -0.2) is 0 Å². The summed E-state index contributed by atoms with van der Waals surface area (Å²) in [6.45, 7) is 6.61. The van der Waals surface area contributed by atoms with Crippen LogP contribution in [-0.2, 0) is 0 Å². The Kier molecular flexibility index (Phi) is 8.25. The maximum absolute atomic E-state index is 3.46. The van der Waals surface area contributed by atoms with Gasteiger partial charge in [0.05, 0.1) is 0 Å². The Morgan fingerprint density at radius 3 is 2.12 bits per heavy atom. The number of halogens is 1. The van der Waals surface area contributed by atoms with E-state index in [2.05, 4.69) is 10.2 Å². The van der Waals surface area contributed by atoms with Gasteiger partial charge in [-0.05, 0) is 70.7 Å². The highest BCUT2D eigenvalue weighted by atomic mass is 35.5. The number of hydrogen-bond donors (Lipinski definition) is 1. The molecule has 0 saturated carbocycles. The van der Waals surface area contributed by atoms with Crippen LogP contribution in [0, 0.1) is 5.92 Å². The van der Waals surface area contributed by atoms with E-state index in [0.29, 0.717) is 0 Å². The lowest BCUT2D eigenvalue weighted by Gasteiger charge is -2.28. The van der Waals surface area contributed by atoms with E-state index in [4.69, 9.17) is 0 Å². The number of hydrogen-bond acceptors (Lipinski definition) is 2. The Balaban J connectivity index is 0.00000144. The van der Waals surface area contributed by atoms with Gasteiger partial charge in [0.1, 0.15) is 0 Å². The van der Waals surface area contributed by atoms with Crippen molar-refractivity contribution in [3.05, 3.63) is 0 Å². The molecule has 2 aliphatic heterocycles. The summed E-state index contributed by atoms with van der Waals surface area (Å²) in [6.07, 6.45) is 11.5. The minimum Gasteiger partial charge on any atom is -0.317 e. The van der Waals surface area contributed by atoms with Crippen molar-refractivity contribution in [3.8, 4) is 0 Å². The zero-order valence-electron chi connectivity index (χ0n) is 11.1. The highest BCUT2D eigenvalue weighted by Gasteiger charge is 2.15. The lowest BCUT2D eigenvalue weighted by atomic mass is 9.94. The van der Waals surface area contributed by atoms with Crippen LogP contribution >= 0.6 is 12.4 Å². The van der Waals surface area contributed by atoms with Crippen LogP contribution < -0.4 is 5.32 Å². The average Bonchev–Trinajstić information content (AvgIpc) is 2.29. The monoisotopic (exact) mass is 260 g/mol. The second kappa shape index (κ2) is 9.18. The molecule has 3 heteroatoms. The molecule has 2 fully saturated rings. The zero-order valence-corrected chi connectivity index (χ0v) is 11.9. The SMILES string of the molecule is C1CCCN(CCC2CCNCC2)CCC1.Cl. The number of nitrogens with zero attached hydrogens (tertiary/aromatic N) is 1. The lowest BCUT2D eigenvalue weighted by molar-refractivity contribution is 0.218. The molecule has 2 nitrogen and oxygen atoms in total. The Morgan fingerprint density at radius 2 is 1.47 bits per heavy atom. The normalized spacial score (nSPS) is 24.7. The van der Waals surface area contributed by atoms with Crippen LogP contribution in [0.4, 0.5) is 0 Å². The number of piperidine rings is 1. The third kappa shape index (κ3) is 6.08. The van der Waals surface area contributed by atoms with Crippen molar-refractivity contribution < 1.29 is 0 Å². The molecule has 2 saturated heterocycles. The van der Waals surface area contributed by atoms with Crippen LogP contribution in [0.15, 0.2) is 0 Å². The van der Waals surface area contributed by atoms with Crippen LogP contribution in [0.5, 0.6) is 0 Å². The van der Waals surface area contributed by atoms with E-state index in [1.54, 1.807) is 0 Å². The molecule has 0 aromatic carbocycles. The first-order valence-electron chi connectivity index (χ1n) is 7.38. The zero-order chi connectivity index (χ0) is 11.1. The van der Waals surface area contributed by atoms with Crippen molar-refractivity contribution in [2.24, 2.45) is 5.92 Å². The second-order valence-electron chi connectivity index (χ2n) is 5.59. The van der Waals surface area contributed by atoms with E-state index in [1.807, 2.05) is 0 Å². The summed E-state index contributed by atoms with van der Waals surface area (Å²) < 4.78 is 0. The molecule has 0 spiro atoms. The van der Waals surface area contributed by atoms with Gasteiger partial charge in [0.2, 0.25) is 0 Å². The predicted octanol–water partition coefficient (Wildman–Crippen LogP) is 3.06. The molecule has 2 heterocycles. The molecule has 0 amide bonds. The number of likely N-dealkylation sites (tertiary alicyclic amines) is 1. The molecule has 0 radical (unpaired) electrons. The Hall–Kier alpha value is 0.210. The van der Waals surface area contributed by atoms with Crippen LogP contribution in [0.3, 0.4) is 0 Å². The Bertz CT molecular complexity index is 173. The number of rotatable bonds is 3. The summed E-state index contributed by atoms with van der Waals surface area (Å²) >= 11 is 0. The third-order valence-corrected chi connectivity index (χ3v) is 4.26. The fraction of sp³-hybridized carbons (Fsp3) is 1.00. The maximum Gasteiger partial charge on any atom is -0.00161 e. The molecule has 0 aliphatic carbocycles. The molecule has 0 atom stereocenters. The smallest absolute Gasteiger partial charge is 0.00161 e. The summed E-state index contributed by atoms with van der Waals surface area (Å²) in [6, 6.07) is 0. The summed E-state index contributed by atoms with van der Waals surface area (Å²) in [4.78, 5) is 2.72. The van der Waals surface area contributed by atoms with Gasteiger partial charge in [-0.3, -0.25) is 0 Å². The van der Waals surface area contributed by atoms with Crippen molar-refractivity contribution in [1.82, 2.24) is 10.2 Å². The van der Waals surface area contributed by atoms with Gasteiger partial charge in [0, 0.05) is 0 Å². The topological polar surface area (TPSA) is 15.3 Å². The molecule has 0 aromatic rings. The second-order valence-corrected chi connectivity index (χ2v) is 5.59. The summed E-state index contributed by atoms with van der Waals surface area (Å²) in [5.74, 6) is 1.01. The lowest BCUT2D eigenvalue weighted by Crippen LogP contribution is -2.33. The molecule has 1 N–H and O–H groups in total. The van der Waals surface area contributed by atoms with E-state index < -0.39 is 0 Å². The molecular formula is C14H29ClN2. The van der Waals surface area contributed by atoms with Crippen LogP contribution in [0.25, 0.3) is 0 Å². The molecule has 0 aromatic heterocycles. The van der Waals surface area contributed by atoms with E-state index in [0.717, 1.165) is 5.92 Å². The van der Waals surface area contributed by atoms with Gasteiger partial charge >= 0.3 is 0 Å². The van der Waals surface area contributed by atoms with Crippen molar-refractivity contribution in [1.29, 1.82) is 0 Å². The number of nitrogens with one attached hydrogen (secondary N) is 1. The average molecular weight is 261 g/mol. The van der Waals surface area contributed by atoms with Gasteiger partial charge in [-0.15, -0.1) is 12.4 Å². The standard InChI is InChI=1S/C14H28N2.ClH/c1-2-4-11-16(12-5-3-1)13-8-14-6-9-15-10-7-14;/h14-15H,1-13H2;1H. The third-order valence-electron chi connectivity index (χ3n) is 4.26. The minimum atomic E-state index is 0. The predicted molar refractivity (Wildman–Crippen MR) is 77.0 cm³/mol. The van der Waals surface area contributed by atoms with Crippen molar-refractivity contribution in [2.75, 3.05) is 32.7 Å². The first kappa shape index (κ1) is 15.3. The fourth-order valence-electron chi connectivity index (χ4n) is 3.07. The van der Waals surface area contributed by atoms with Crippen molar-refractivity contribution in [3.63, 3.8) is 0 Å². The van der Waals surface area contributed by atoms with Gasteiger partial charge in [0.15, 0.2) is 0 Å². The summed E-state index contributed by atoms with van der Waals surface area (Å²) in [5.41, 5.74) is 0. The van der Waals surface area contributed by atoms with Gasteiger partial charge in [-0.1, -0.05) is 19.3 Å². The van der Waals surface area contributed by atoms with Crippen LogP contribution in [0.1, 0.15) is 51.4 Å². The first-order valence-corrected chi connectivity index (χ1v) is 7.38. The van der Waals surface area contributed by atoms with E-state index in [-0.39, 0.29) is 12.4 Å². The molecular weight excluding hydrogens is 232 g/mol. The first-order chi connectivity index (χ1) is 7.95. The maximum atomic E-state index is 3.46. The molecule has 102 valence electrons. The Morgan fingerprint density at radius 1 is 0.882 bits per heavy atom. The molecule has 17 heavy (non-hydrogen) atoms. The molecule has 2 rings (SSSR count). The van der Waals surface area contributed by atoms with E-state index in [9.17, 15) is 0 Å². The molecule has 2 aliphatic rings. The van der Waals surface area contributed by atoms with Crippen LogP contribution in [-0.4, -0.2) is 37.6 Å². The molecule has 0 unspecified atom stereocenters. The van der Waals surface area contributed by atoms with E-state index >= 15 is 0 Å². The van der Waals surface area contributed by atoms with Gasteiger partial charge < -0.3 is 10.2 Å². The van der Waals surface area contributed by atoms with Crippen LogP contribution in [0.2, 0.25) is 0 Å². The minimum absolute atomic E-state index is 0. The van der Waals surface area contributed by atoms with Gasteiger partial charge in [-0.2, -0.15) is 0 Å². The fourth-order valence-corrected chi connectivity index (χ4v) is 3.07. The van der Waals surface area contributed by atoms with E-state index in [1.165, 1.54) is 84.1 Å².